The predicted molar refractivity (Wildman–Crippen MR) is 47.9 cm³/mol. The molecule has 0 aliphatic carbocycles. The number of piperazine rings is 1. The van der Waals surface area contributed by atoms with E-state index in [9.17, 15) is 4.57 Å². The van der Waals surface area contributed by atoms with Crippen molar-refractivity contribution in [2.24, 2.45) is 5.50 Å². The molecule has 0 saturated carbocycles. The van der Waals surface area contributed by atoms with Crippen LogP contribution in [0, 0.1) is 0 Å². The summed E-state index contributed by atoms with van der Waals surface area (Å²) in [6.07, 6.45) is 0. The number of nitrogens with zero attached hydrogens (tertiary/aromatic N) is 2. The Bertz CT molecular complexity index is 191. The SMILES string of the molecule is COP(N)(=O)N1CCN(C)CC1. The van der Waals surface area contributed by atoms with Crippen LogP contribution in [0.4, 0.5) is 0 Å². The number of rotatable bonds is 2. The van der Waals surface area contributed by atoms with Gasteiger partial charge in [0.2, 0.25) is 0 Å². The molecule has 1 aliphatic rings. The first-order chi connectivity index (χ1) is 5.56. The van der Waals surface area contributed by atoms with Gasteiger partial charge < -0.3 is 9.42 Å². The van der Waals surface area contributed by atoms with Crippen LogP contribution in [-0.2, 0) is 9.09 Å². The van der Waals surface area contributed by atoms with Crippen molar-refractivity contribution in [3.63, 3.8) is 0 Å². The Hall–Kier alpha value is 0.0700. The van der Waals surface area contributed by atoms with Crippen LogP contribution in [0.5, 0.6) is 0 Å². The molecule has 72 valence electrons. The highest BCUT2D eigenvalue weighted by Gasteiger charge is 2.28. The van der Waals surface area contributed by atoms with E-state index in [2.05, 4.69) is 4.90 Å². The molecule has 5 nitrogen and oxygen atoms in total. The zero-order chi connectivity index (χ0) is 9.19. The fraction of sp³-hybridized carbons (Fsp3) is 1.00. The second-order valence-corrected chi connectivity index (χ2v) is 5.06. The van der Waals surface area contributed by atoms with Crippen LogP contribution in [0.15, 0.2) is 0 Å². The average molecular weight is 193 g/mol. The fourth-order valence-electron chi connectivity index (χ4n) is 1.19. The quantitative estimate of drug-likeness (QED) is 0.623. The molecule has 1 saturated heterocycles. The molecule has 0 amide bonds. The molecule has 1 unspecified atom stereocenters. The third-order valence-corrected chi connectivity index (χ3v) is 3.85. The van der Waals surface area contributed by atoms with Gasteiger partial charge in [-0.3, -0.25) is 4.57 Å². The molecule has 1 rings (SSSR count). The lowest BCUT2D eigenvalue weighted by molar-refractivity contribution is 0.200. The fourth-order valence-corrected chi connectivity index (χ4v) is 2.16. The van der Waals surface area contributed by atoms with Crippen molar-refractivity contribution < 1.29 is 9.09 Å². The van der Waals surface area contributed by atoms with Crippen LogP contribution in [-0.4, -0.2) is 49.9 Å². The Balaban J connectivity index is 2.50. The average Bonchev–Trinajstić information content (AvgIpc) is 2.05. The maximum absolute atomic E-state index is 11.5. The van der Waals surface area contributed by atoms with Crippen molar-refractivity contribution in [3.05, 3.63) is 0 Å². The Labute approximate surface area is 73.0 Å². The van der Waals surface area contributed by atoms with Crippen LogP contribution < -0.4 is 5.50 Å². The van der Waals surface area contributed by atoms with Crippen molar-refractivity contribution in [2.45, 2.75) is 0 Å². The van der Waals surface area contributed by atoms with Crippen LogP contribution in [0.3, 0.4) is 0 Å². The van der Waals surface area contributed by atoms with E-state index in [0.717, 1.165) is 26.2 Å². The van der Waals surface area contributed by atoms with Crippen LogP contribution in [0.2, 0.25) is 0 Å². The zero-order valence-corrected chi connectivity index (χ0v) is 8.46. The maximum atomic E-state index is 11.5. The van der Waals surface area contributed by atoms with E-state index in [1.807, 2.05) is 7.05 Å². The Morgan fingerprint density at radius 1 is 1.33 bits per heavy atom. The van der Waals surface area contributed by atoms with Gasteiger partial charge >= 0.3 is 7.67 Å². The van der Waals surface area contributed by atoms with Gasteiger partial charge in [-0.1, -0.05) is 0 Å². The van der Waals surface area contributed by atoms with E-state index >= 15 is 0 Å². The summed E-state index contributed by atoms with van der Waals surface area (Å²) < 4.78 is 18.0. The minimum absolute atomic E-state index is 0.720. The molecule has 12 heavy (non-hydrogen) atoms. The second-order valence-electron chi connectivity index (χ2n) is 3.00. The van der Waals surface area contributed by atoms with E-state index in [1.54, 1.807) is 4.67 Å². The van der Waals surface area contributed by atoms with E-state index < -0.39 is 7.67 Å². The van der Waals surface area contributed by atoms with E-state index in [4.69, 9.17) is 10.0 Å². The largest absolute Gasteiger partial charge is 0.340 e. The molecule has 0 radical (unpaired) electrons. The summed E-state index contributed by atoms with van der Waals surface area (Å²) in [5.74, 6) is 0. The van der Waals surface area contributed by atoms with Gasteiger partial charge in [0.15, 0.2) is 0 Å². The molecule has 1 atom stereocenters. The number of hydrogen-bond donors (Lipinski definition) is 1. The van der Waals surface area contributed by atoms with Crippen LogP contribution >= 0.6 is 7.67 Å². The summed E-state index contributed by atoms with van der Waals surface area (Å²) in [6.45, 7) is 3.23. The van der Waals surface area contributed by atoms with Crippen molar-refractivity contribution in [2.75, 3.05) is 40.3 Å². The van der Waals surface area contributed by atoms with Crippen molar-refractivity contribution in [3.8, 4) is 0 Å². The summed E-state index contributed by atoms with van der Waals surface area (Å²) in [4.78, 5) is 2.17. The lowest BCUT2D eigenvalue weighted by Crippen LogP contribution is -2.44. The monoisotopic (exact) mass is 193 g/mol. The molecule has 0 aromatic rings. The minimum Gasteiger partial charge on any atom is -0.310 e. The number of likely N-dealkylation sites (N-methyl/N-ethyl adjacent to an activating group) is 1. The van der Waals surface area contributed by atoms with Crippen LogP contribution in [0.1, 0.15) is 0 Å². The molecule has 6 heteroatoms. The normalized spacial score (nSPS) is 26.9. The van der Waals surface area contributed by atoms with Gasteiger partial charge in [0.25, 0.3) is 0 Å². The Kier molecular flexibility index (Phi) is 3.26. The molecule has 0 bridgehead atoms. The zero-order valence-electron chi connectivity index (χ0n) is 7.56. The summed E-state index contributed by atoms with van der Waals surface area (Å²) >= 11 is 0. The van der Waals surface area contributed by atoms with Crippen molar-refractivity contribution in [1.82, 2.24) is 9.57 Å². The molecule has 0 spiro atoms. The van der Waals surface area contributed by atoms with E-state index in [-0.39, 0.29) is 0 Å². The molecular formula is C6H16N3O2P. The predicted octanol–water partition coefficient (Wildman–Crippen LogP) is -0.0530. The summed E-state index contributed by atoms with van der Waals surface area (Å²) in [5, 5.41) is 0. The third-order valence-electron chi connectivity index (χ3n) is 2.14. The first-order valence-corrected chi connectivity index (χ1v) is 5.59. The lowest BCUT2D eigenvalue weighted by atomic mass is 10.4. The molecule has 1 fully saturated rings. The number of hydrogen-bond acceptors (Lipinski definition) is 3. The Morgan fingerprint density at radius 2 is 1.83 bits per heavy atom. The first-order valence-electron chi connectivity index (χ1n) is 3.94. The van der Waals surface area contributed by atoms with Crippen molar-refractivity contribution in [1.29, 1.82) is 0 Å². The van der Waals surface area contributed by atoms with E-state index in [0.29, 0.717) is 0 Å². The highest BCUT2D eigenvalue weighted by molar-refractivity contribution is 7.53. The van der Waals surface area contributed by atoms with Gasteiger partial charge in [-0.15, -0.1) is 0 Å². The highest BCUT2D eigenvalue weighted by atomic mass is 31.2. The van der Waals surface area contributed by atoms with Gasteiger partial charge in [-0.05, 0) is 7.05 Å². The smallest absolute Gasteiger partial charge is 0.310 e. The molecule has 0 aromatic carbocycles. The van der Waals surface area contributed by atoms with E-state index in [1.165, 1.54) is 7.11 Å². The lowest BCUT2D eigenvalue weighted by Gasteiger charge is -2.34. The van der Waals surface area contributed by atoms with Gasteiger partial charge in [-0.25, -0.2) is 10.2 Å². The standard InChI is InChI=1S/C6H16N3O2P/c1-8-3-5-9(6-4-8)12(7,10)11-2/h3-6H2,1-2H3,(H2,7,10). The molecule has 1 aliphatic heterocycles. The van der Waals surface area contributed by atoms with Crippen molar-refractivity contribution >= 4 is 7.67 Å². The summed E-state index contributed by atoms with van der Waals surface area (Å²) in [7, 11) is 0.453. The molecule has 1 heterocycles. The number of nitrogens with two attached hydrogens (primary N) is 1. The van der Waals surface area contributed by atoms with Gasteiger partial charge in [0.1, 0.15) is 0 Å². The Morgan fingerprint density at radius 3 is 2.25 bits per heavy atom. The molecule has 0 aromatic heterocycles. The third kappa shape index (κ3) is 2.28. The summed E-state index contributed by atoms with van der Waals surface area (Å²) in [6, 6.07) is 0. The first kappa shape index (κ1) is 10.2. The topological polar surface area (TPSA) is 58.8 Å². The summed E-state index contributed by atoms with van der Waals surface area (Å²) in [5.41, 5.74) is 5.48. The van der Waals surface area contributed by atoms with Gasteiger partial charge in [-0.2, -0.15) is 0 Å². The van der Waals surface area contributed by atoms with Crippen LogP contribution in [0.25, 0.3) is 0 Å². The highest BCUT2D eigenvalue weighted by Crippen LogP contribution is 2.41. The maximum Gasteiger partial charge on any atom is 0.340 e. The minimum atomic E-state index is -2.97. The molecular weight excluding hydrogens is 177 g/mol. The van der Waals surface area contributed by atoms with Gasteiger partial charge in [0, 0.05) is 33.3 Å². The molecule has 2 N–H and O–H groups in total. The second kappa shape index (κ2) is 3.85. The van der Waals surface area contributed by atoms with Gasteiger partial charge in [0.05, 0.1) is 0 Å².